The number of hydrogen-bond acceptors (Lipinski definition) is 4. The minimum Gasteiger partial charge on any atom is -0.478 e. The van der Waals surface area contributed by atoms with Crippen LogP contribution in [0.1, 0.15) is 20.8 Å². The van der Waals surface area contributed by atoms with E-state index in [1.165, 1.54) is 36.4 Å². The average molecular weight is 275 g/mol. The van der Waals surface area contributed by atoms with Crippen LogP contribution in [0.5, 0.6) is 0 Å². The molecule has 0 atom stereocenters. The van der Waals surface area contributed by atoms with E-state index < -0.39 is 17.8 Å². The summed E-state index contributed by atoms with van der Waals surface area (Å²) < 4.78 is 17.4. The molecule has 2 rings (SSSR count). The Morgan fingerprint density at radius 2 is 1.80 bits per heavy atom. The standard InChI is InChI=1S/C14H10FNO4/c1-20-14(19)12-10(13(17)18)6-7-11(16-12)8-2-4-9(15)5-3-8/h2-7H,1H3,(H,17,18). The number of esters is 1. The van der Waals surface area contributed by atoms with Gasteiger partial charge >= 0.3 is 11.9 Å². The van der Waals surface area contributed by atoms with Crippen LogP contribution >= 0.6 is 0 Å². The number of hydrogen-bond donors (Lipinski definition) is 1. The Labute approximate surface area is 113 Å². The van der Waals surface area contributed by atoms with Crippen molar-refractivity contribution in [1.29, 1.82) is 0 Å². The highest BCUT2D eigenvalue weighted by molar-refractivity contribution is 6.01. The molecule has 0 saturated heterocycles. The predicted molar refractivity (Wildman–Crippen MR) is 67.9 cm³/mol. The highest BCUT2D eigenvalue weighted by Gasteiger charge is 2.19. The summed E-state index contributed by atoms with van der Waals surface area (Å²) in [5.74, 6) is -2.51. The Morgan fingerprint density at radius 3 is 2.35 bits per heavy atom. The zero-order valence-electron chi connectivity index (χ0n) is 10.5. The molecule has 1 aromatic heterocycles. The fraction of sp³-hybridized carbons (Fsp3) is 0.0714. The fourth-order valence-electron chi connectivity index (χ4n) is 1.67. The van der Waals surface area contributed by atoms with Crippen molar-refractivity contribution in [2.45, 2.75) is 0 Å². The lowest BCUT2D eigenvalue weighted by molar-refractivity contribution is 0.0576. The molecule has 0 radical (unpaired) electrons. The van der Waals surface area contributed by atoms with Gasteiger partial charge < -0.3 is 9.84 Å². The van der Waals surface area contributed by atoms with Crippen molar-refractivity contribution in [3.8, 4) is 11.3 Å². The van der Waals surface area contributed by atoms with Crippen LogP contribution in [0, 0.1) is 5.82 Å². The lowest BCUT2D eigenvalue weighted by Crippen LogP contribution is -2.13. The van der Waals surface area contributed by atoms with Crippen molar-refractivity contribution in [1.82, 2.24) is 4.98 Å². The van der Waals surface area contributed by atoms with E-state index in [1.54, 1.807) is 0 Å². The van der Waals surface area contributed by atoms with Gasteiger partial charge in [0.15, 0.2) is 5.69 Å². The molecular weight excluding hydrogens is 265 g/mol. The number of nitrogens with zero attached hydrogens (tertiary/aromatic N) is 1. The first kappa shape index (κ1) is 13.7. The fourth-order valence-corrected chi connectivity index (χ4v) is 1.67. The normalized spacial score (nSPS) is 10.1. The van der Waals surface area contributed by atoms with Gasteiger partial charge in [0.1, 0.15) is 5.82 Å². The summed E-state index contributed by atoms with van der Waals surface area (Å²) in [4.78, 5) is 26.6. The van der Waals surface area contributed by atoms with Crippen molar-refractivity contribution in [3.63, 3.8) is 0 Å². The molecule has 0 amide bonds. The molecule has 0 aliphatic rings. The lowest BCUT2D eigenvalue weighted by atomic mass is 10.1. The van der Waals surface area contributed by atoms with Gasteiger partial charge in [-0.2, -0.15) is 0 Å². The zero-order valence-corrected chi connectivity index (χ0v) is 10.5. The minimum atomic E-state index is -1.27. The summed E-state index contributed by atoms with van der Waals surface area (Å²) in [6.07, 6.45) is 0. The first-order chi connectivity index (χ1) is 9.52. The highest BCUT2D eigenvalue weighted by atomic mass is 19.1. The predicted octanol–water partition coefficient (Wildman–Crippen LogP) is 2.37. The summed E-state index contributed by atoms with van der Waals surface area (Å²) in [6.45, 7) is 0. The van der Waals surface area contributed by atoms with Crippen molar-refractivity contribution in [2.75, 3.05) is 7.11 Å². The number of aromatic carboxylic acids is 1. The third-order valence-corrected chi connectivity index (χ3v) is 2.64. The Balaban J connectivity index is 2.54. The van der Waals surface area contributed by atoms with E-state index in [1.807, 2.05) is 0 Å². The van der Waals surface area contributed by atoms with Crippen LogP contribution in [0.25, 0.3) is 11.3 Å². The quantitative estimate of drug-likeness (QED) is 0.870. The van der Waals surface area contributed by atoms with Gasteiger partial charge in [-0.3, -0.25) is 0 Å². The Bertz CT molecular complexity index is 667. The van der Waals surface area contributed by atoms with Gasteiger partial charge in [-0.15, -0.1) is 0 Å². The SMILES string of the molecule is COC(=O)c1nc(-c2ccc(F)cc2)ccc1C(=O)O. The highest BCUT2D eigenvalue weighted by Crippen LogP contribution is 2.20. The zero-order chi connectivity index (χ0) is 14.7. The maximum Gasteiger partial charge on any atom is 0.357 e. The smallest absolute Gasteiger partial charge is 0.357 e. The van der Waals surface area contributed by atoms with Crippen molar-refractivity contribution in [2.24, 2.45) is 0 Å². The van der Waals surface area contributed by atoms with Gasteiger partial charge in [0.05, 0.1) is 18.4 Å². The second-order valence-corrected chi connectivity index (χ2v) is 3.90. The molecule has 1 aromatic carbocycles. The average Bonchev–Trinajstić information content (AvgIpc) is 2.46. The molecule has 5 nitrogen and oxygen atoms in total. The first-order valence-corrected chi connectivity index (χ1v) is 5.61. The molecule has 1 heterocycles. The molecule has 0 fully saturated rings. The molecule has 0 unspecified atom stereocenters. The van der Waals surface area contributed by atoms with Crippen LogP contribution in [0.15, 0.2) is 36.4 Å². The molecular formula is C14H10FNO4. The number of carboxylic acids is 1. The number of pyridine rings is 1. The van der Waals surface area contributed by atoms with E-state index in [0.29, 0.717) is 11.3 Å². The Morgan fingerprint density at radius 1 is 1.15 bits per heavy atom. The van der Waals surface area contributed by atoms with E-state index in [2.05, 4.69) is 9.72 Å². The third-order valence-electron chi connectivity index (χ3n) is 2.64. The maximum absolute atomic E-state index is 12.9. The Kier molecular flexibility index (Phi) is 3.74. The summed E-state index contributed by atoms with van der Waals surface area (Å²) in [5.41, 5.74) is 0.383. The molecule has 0 aliphatic heterocycles. The van der Waals surface area contributed by atoms with Crippen LogP contribution in [-0.2, 0) is 4.74 Å². The molecule has 0 spiro atoms. The van der Waals surface area contributed by atoms with Crippen molar-refractivity contribution < 1.29 is 23.8 Å². The monoisotopic (exact) mass is 275 g/mol. The van der Waals surface area contributed by atoms with Crippen molar-refractivity contribution in [3.05, 3.63) is 53.5 Å². The maximum atomic E-state index is 12.9. The molecule has 6 heteroatoms. The number of carbonyl (C=O) groups is 2. The van der Waals surface area contributed by atoms with Gasteiger partial charge in [-0.05, 0) is 36.4 Å². The lowest BCUT2D eigenvalue weighted by Gasteiger charge is -2.06. The van der Waals surface area contributed by atoms with Gasteiger partial charge in [0, 0.05) is 5.56 Å². The van der Waals surface area contributed by atoms with Crippen LogP contribution in [0.4, 0.5) is 4.39 Å². The number of carboxylic acid groups (broad SMARTS) is 1. The summed E-state index contributed by atoms with van der Waals surface area (Å²) in [7, 11) is 1.14. The topological polar surface area (TPSA) is 76.5 Å². The number of carbonyl (C=O) groups excluding carboxylic acids is 1. The third kappa shape index (κ3) is 2.64. The van der Waals surface area contributed by atoms with E-state index in [4.69, 9.17) is 5.11 Å². The van der Waals surface area contributed by atoms with E-state index in [-0.39, 0.29) is 11.3 Å². The number of benzene rings is 1. The van der Waals surface area contributed by atoms with Crippen LogP contribution in [0.2, 0.25) is 0 Å². The number of methoxy groups -OCH3 is 1. The van der Waals surface area contributed by atoms with E-state index in [0.717, 1.165) is 7.11 Å². The number of rotatable bonds is 3. The number of halogens is 1. The summed E-state index contributed by atoms with van der Waals surface area (Å²) in [6, 6.07) is 8.18. The van der Waals surface area contributed by atoms with Gasteiger partial charge in [-0.1, -0.05) is 0 Å². The number of aromatic nitrogens is 1. The second kappa shape index (κ2) is 5.48. The summed E-state index contributed by atoms with van der Waals surface area (Å²) >= 11 is 0. The second-order valence-electron chi connectivity index (χ2n) is 3.90. The largest absolute Gasteiger partial charge is 0.478 e. The van der Waals surface area contributed by atoms with Gasteiger partial charge in [-0.25, -0.2) is 19.0 Å². The Hall–Kier alpha value is -2.76. The van der Waals surface area contributed by atoms with Crippen LogP contribution < -0.4 is 0 Å². The number of ether oxygens (including phenoxy) is 1. The molecule has 102 valence electrons. The van der Waals surface area contributed by atoms with E-state index >= 15 is 0 Å². The summed E-state index contributed by atoms with van der Waals surface area (Å²) in [5, 5.41) is 9.01. The van der Waals surface area contributed by atoms with Gasteiger partial charge in [0.25, 0.3) is 0 Å². The first-order valence-electron chi connectivity index (χ1n) is 5.61. The molecule has 2 aromatic rings. The molecule has 0 saturated carbocycles. The molecule has 1 N–H and O–H groups in total. The molecule has 0 aliphatic carbocycles. The van der Waals surface area contributed by atoms with Crippen LogP contribution in [-0.4, -0.2) is 29.1 Å². The molecule has 0 bridgehead atoms. The van der Waals surface area contributed by atoms with Crippen molar-refractivity contribution >= 4 is 11.9 Å². The van der Waals surface area contributed by atoms with Gasteiger partial charge in [0.2, 0.25) is 0 Å². The minimum absolute atomic E-state index is 0.247. The van der Waals surface area contributed by atoms with E-state index in [9.17, 15) is 14.0 Å². The van der Waals surface area contributed by atoms with Crippen LogP contribution in [0.3, 0.4) is 0 Å². The molecule has 20 heavy (non-hydrogen) atoms.